The van der Waals surface area contributed by atoms with E-state index in [-0.39, 0.29) is 23.2 Å². The van der Waals surface area contributed by atoms with Gasteiger partial charge in [-0.1, -0.05) is 23.9 Å². The minimum absolute atomic E-state index is 0.00566. The van der Waals surface area contributed by atoms with Crippen molar-refractivity contribution in [1.82, 2.24) is 19.7 Å². The van der Waals surface area contributed by atoms with Gasteiger partial charge in [0.1, 0.15) is 11.6 Å². The van der Waals surface area contributed by atoms with E-state index in [1.165, 1.54) is 12.1 Å². The minimum atomic E-state index is -4.53. The van der Waals surface area contributed by atoms with Crippen LogP contribution in [0.15, 0.2) is 40.5 Å². The Kier molecular flexibility index (Phi) is 6.33. The van der Waals surface area contributed by atoms with E-state index in [0.29, 0.717) is 11.6 Å². The Morgan fingerprint density at radius 2 is 2.09 bits per heavy atom. The summed E-state index contributed by atoms with van der Waals surface area (Å²) in [5.41, 5.74) is -0.536. The SMILES string of the molecule is Cn1c(SCCCN2CC[C@]3(CC3c3ccc(C(F)(F)F)cc3F)C2)nnc1C1C=CC(=O)N=C1. The number of carbonyl (C=O) groups excluding carboxylic acids is 1. The van der Waals surface area contributed by atoms with Crippen molar-refractivity contribution in [1.29, 1.82) is 0 Å². The predicted octanol–water partition coefficient (Wildman–Crippen LogP) is 4.59. The molecule has 1 aromatic heterocycles. The summed E-state index contributed by atoms with van der Waals surface area (Å²) in [5.74, 6) is 0.399. The van der Waals surface area contributed by atoms with E-state index >= 15 is 0 Å². The molecule has 1 aliphatic carbocycles. The monoisotopic (exact) mass is 507 g/mol. The van der Waals surface area contributed by atoms with Gasteiger partial charge in [0, 0.05) is 31.6 Å². The fourth-order valence-corrected chi connectivity index (χ4v) is 6.02. The molecule has 186 valence electrons. The number of hydrogen-bond acceptors (Lipinski definition) is 5. The highest BCUT2D eigenvalue weighted by Gasteiger charge is 2.58. The molecule has 1 saturated carbocycles. The topological polar surface area (TPSA) is 63.4 Å². The third-order valence-corrected chi connectivity index (χ3v) is 8.29. The van der Waals surface area contributed by atoms with E-state index in [2.05, 4.69) is 20.1 Å². The van der Waals surface area contributed by atoms with E-state index in [9.17, 15) is 22.4 Å². The van der Waals surface area contributed by atoms with Crippen molar-refractivity contribution < 1.29 is 22.4 Å². The first-order valence-corrected chi connectivity index (χ1v) is 12.5. The molecule has 3 atom stereocenters. The predicted molar refractivity (Wildman–Crippen MR) is 124 cm³/mol. The van der Waals surface area contributed by atoms with Gasteiger partial charge >= 0.3 is 6.18 Å². The van der Waals surface area contributed by atoms with Gasteiger partial charge in [-0.3, -0.25) is 4.79 Å². The summed E-state index contributed by atoms with van der Waals surface area (Å²) in [4.78, 5) is 17.4. The Bertz CT molecular complexity index is 1180. The summed E-state index contributed by atoms with van der Waals surface area (Å²) < 4.78 is 54.9. The summed E-state index contributed by atoms with van der Waals surface area (Å²) >= 11 is 1.62. The van der Waals surface area contributed by atoms with Gasteiger partial charge < -0.3 is 9.47 Å². The first-order chi connectivity index (χ1) is 16.7. The Morgan fingerprint density at radius 3 is 2.80 bits per heavy atom. The smallest absolute Gasteiger partial charge is 0.308 e. The molecule has 35 heavy (non-hydrogen) atoms. The first kappa shape index (κ1) is 24.2. The van der Waals surface area contributed by atoms with Crippen LogP contribution < -0.4 is 0 Å². The molecule has 5 rings (SSSR count). The van der Waals surface area contributed by atoms with E-state index in [1.54, 1.807) is 24.1 Å². The molecule has 3 aliphatic rings. The number of aromatic nitrogens is 3. The zero-order chi connectivity index (χ0) is 24.8. The minimum Gasteiger partial charge on any atom is -0.308 e. The number of amides is 1. The van der Waals surface area contributed by atoms with Crippen LogP contribution >= 0.6 is 11.8 Å². The van der Waals surface area contributed by atoms with Gasteiger partial charge in [-0.15, -0.1) is 10.2 Å². The summed E-state index contributed by atoms with van der Waals surface area (Å²) in [6.45, 7) is 2.67. The average Bonchev–Trinajstić information content (AvgIpc) is 3.14. The van der Waals surface area contributed by atoms with Crippen LogP contribution in [0.4, 0.5) is 17.6 Å². The summed E-state index contributed by atoms with van der Waals surface area (Å²) in [5, 5.41) is 9.31. The molecule has 3 heterocycles. The number of rotatable bonds is 7. The zero-order valence-electron chi connectivity index (χ0n) is 19.1. The fourth-order valence-electron chi connectivity index (χ4n) is 5.18. The number of likely N-dealkylation sites (tertiary alicyclic amines) is 1. The molecule has 0 bridgehead atoms. The van der Waals surface area contributed by atoms with Gasteiger partial charge in [0.25, 0.3) is 5.91 Å². The number of hydrogen-bond donors (Lipinski definition) is 0. The average molecular weight is 508 g/mol. The zero-order valence-corrected chi connectivity index (χ0v) is 19.9. The van der Waals surface area contributed by atoms with Crippen LogP contribution in [-0.4, -0.2) is 57.2 Å². The van der Waals surface area contributed by atoms with Crippen LogP contribution in [0.25, 0.3) is 0 Å². The number of alkyl halides is 3. The highest BCUT2D eigenvalue weighted by atomic mass is 32.2. The van der Waals surface area contributed by atoms with Gasteiger partial charge in [0.2, 0.25) is 0 Å². The largest absolute Gasteiger partial charge is 0.416 e. The molecule has 2 fully saturated rings. The van der Waals surface area contributed by atoms with Crippen molar-refractivity contribution >= 4 is 23.9 Å². The van der Waals surface area contributed by atoms with Crippen LogP contribution in [0.1, 0.15) is 48.0 Å². The molecule has 6 nitrogen and oxygen atoms in total. The molecule has 2 unspecified atom stereocenters. The van der Waals surface area contributed by atoms with Gasteiger partial charge in [-0.25, -0.2) is 9.38 Å². The fraction of sp³-hybridized carbons (Fsp3) is 0.500. The molecule has 1 saturated heterocycles. The maximum absolute atomic E-state index is 14.4. The third-order valence-electron chi connectivity index (χ3n) is 7.18. The Morgan fingerprint density at radius 1 is 1.26 bits per heavy atom. The molecule has 0 radical (unpaired) electrons. The van der Waals surface area contributed by atoms with Crippen molar-refractivity contribution in [3.05, 3.63) is 53.1 Å². The van der Waals surface area contributed by atoms with Crippen LogP contribution in [-0.2, 0) is 18.0 Å². The highest BCUT2D eigenvalue weighted by Crippen LogP contribution is 2.64. The summed E-state index contributed by atoms with van der Waals surface area (Å²) in [6, 6.07) is 2.93. The summed E-state index contributed by atoms with van der Waals surface area (Å²) in [6.07, 6.45) is 2.96. The van der Waals surface area contributed by atoms with Crippen molar-refractivity contribution in [2.75, 3.05) is 25.4 Å². The number of carbonyl (C=O) groups is 1. The highest BCUT2D eigenvalue weighted by molar-refractivity contribution is 7.99. The Hall–Kier alpha value is -2.53. The van der Waals surface area contributed by atoms with Gasteiger partial charge in [0.05, 0.1) is 11.5 Å². The maximum Gasteiger partial charge on any atom is 0.416 e. The van der Waals surface area contributed by atoms with Crippen molar-refractivity contribution in [2.45, 2.75) is 42.4 Å². The standard InChI is InChI=1S/C24H25F4N5OS/c1-32-21(15-3-6-20(34)29-13-15)30-31-22(32)35-10-2-8-33-9-7-23(14-33)12-18(23)17-5-4-16(11-19(17)25)24(26,27)28/h3-6,11,13,15,18H,2,7-10,12,14H2,1H3/t15?,18?,23-/m0/s1. The Balaban J connectivity index is 1.10. The van der Waals surface area contributed by atoms with Gasteiger partial charge in [0.15, 0.2) is 5.16 Å². The van der Waals surface area contributed by atoms with E-state index in [0.717, 1.165) is 61.7 Å². The lowest BCUT2D eigenvalue weighted by atomic mass is 9.97. The number of nitrogens with zero attached hydrogens (tertiary/aromatic N) is 5. The molecule has 1 spiro atoms. The second kappa shape index (κ2) is 9.16. The molecule has 1 aromatic carbocycles. The van der Waals surface area contributed by atoms with E-state index < -0.39 is 17.6 Å². The molecule has 11 heteroatoms. The first-order valence-electron chi connectivity index (χ1n) is 11.5. The molecule has 0 N–H and O–H groups in total. The van der Waals surface area contributed by atoms with Crippen LogP contribution in [0.2, 0.25) is 0 Å². The number of dihydropyridines is 1. The van der Waals surface area contributed by atoms with Crippen molar-refractivity contribution in [3.63, 3.8) is 0 Å². The van der Waals surface area contributed by atoms with Crippen LogP contribution in [0, 0.1) is 11.2 Å². The molecule has 2 aromatic rings. The lowest BCUT2D eigenvalue weighted by molar-refractivity contribution is -0.137. The number of allylic oxidation sites excluding steroid dienone is 1. The molecule has 1 amide bonds. The van der Waals surface area contributed by atoms with Crippen molar-refractivity contribution in [2.24, 2.45) is 17.5 Å². The van der Waals surface area contributed by atoms with Gasteiger partial charge in [-0.2, -0.15) is 13.2 Å². The van der Waals surface area contributed by atoms with Crippen LogP contribution in [0.5, 0.6) is 0 Å². The maximum atomic E-state index is 14.4. The van der Waals surface area contributed by atoms with Crippen LogP contribution in [0.3, 0.4) is 0 Å². The number of halogens is 4. The number of aliphatic imine (C=N–C) groups is 1. The molecular weight excluding hydrogens is 482 g/mol. The van der Waals surface area contributed by atoms with E-state index in [4.69, 9.17) is 0 Å². The number of thioether (sulfide) groups is 1. The molecular formula is C24H25F4N5OS. The second-order valence-electron chi connectivity index (χ2n) is 9.48. The summed E-state index contributed by atoms with van der Waals surface area (Å²) in [7, 11) is 1.90. The Labute approximate surface area is 204 Å². The quantitative estimate of drug-likeness (QED) is 0.312. The van der Waals surface area contributed by atoms with Gasteiger partial charge in [-0.05, 0) is 61.4 Å². The lowest BCUT2D eigenvalue weighted by Crippen LogP contribution is -2.23. The number of benzene rings is 1. The second-order valence-corrected chi connectivity index (χ2v) is 10.5. The normalized spacial score (nSPS) is 26.3. The molecule has 2 aliphatic heterocycles. The lowest BCUT2D eigenvalue weighted by Gasteiger charge is -2.16. The van der Waals surface area contributed by atoms with E-state index in [1.807, 2.05) is 11.6 Å². The third kappa shape index (κ3) is 4.93. The van der Waals surface area contributed by atoms with Crippen molar-refractivity contribution in [3.8, 4) is 0 Å².